The first kappa shape index (κ1) is 18.4. The Labute approximate surface area is 164 Å². The molecule has 1 aromatic carbocycles. The van der Waals surface area contributed by atoms with Crippen LogP contribution in [0.1, 0.15) is 46.3 Å². The predicted octanol–water partition coefficient (Wildman–Crippen LogP) is 2.76. The maximum Gasteiger partial charge on any atom is 0.254 e. The highest BCUT2D eigenvalue weighted by molar-refractivity contribution is 6.29. The lowest BCUT2D eigenvalue weighted by Crippen LogP contribution is -2.52. The summed E-state index contributed by atoms with van der Waals surface area (Å²) in [5.41, 5.74) is 4.11. The standard InChI is InChI=1S/C21H24ClN3O2/c1-2-13-11-25(21(27)16-8-20(22)24-10-17(13)16)12-19(26)18-7-14-5-3-4-6-15(14)9-23-18/h3-6,8,10,13,18-19,23,26H,2,7,9,11-12H2,1H3/t13?,18-,19?/m0/s1. The molecule has 2 N–H and O–H groups in total. The molecule has 6 heteroatoms. The molecule has 0 saturated heterocycles. The number of amides is 1. The molecule has 0 saturated carbocycles. The van der Waals surface area contributed by atoms with Crippen LogP contribution in [0, 0.1) is 0 Å². The fourth-order valence-corrected chi connectivity index (χ4v) is 4.34. The molecule has 2 unspecified atom stereocenters. The number of carbonyl (C=O) groups is 1. The van der Waals surface area contributed by atoms with E-state index in [0.717, 1.165) is 24.9 Å². The molecule has 2 aliphatic rings. The first-order valence-corrected chi connectivity index (χ1v) is 9.87. The number of halogens is 1. The van der Waals surface area contributed by atoms with Crippen LogP contribution in [0.4, 0.5) is 0 Å². The summed E-state index contributed by atoms with van der Waals surface area (Å²) in [6.45, 7) is 3.77. The number of rotatable bonds is 4. The van der Waals surface area contributed by atoms with Crippen molar-refractivity contribution in [1.82, 2.24) is 15.2 Å². The van der Waals surface area contributed by atoms with Gasteiger partial charge in [-0.1, -0.05) is 42.8 Å². The Kier molecular flexibility index (Phi) is 5.17. The van der Waals surface area contributed by atoms with Crippen LogP contribution in [0.5, 0.6) is 0 Å². The van der Waals surface area contributed by atoms with Crippen LogP contribution in [0.2, 0.25) is 5.15 Å². The molecule has 142 valence electrons. The predicted molar refractivity (Wildman–Crippen MR) is 105 cm³/mol. The number of pyridine rings is 1. The van der Waals surface area contributed by atoms with E-state index in [4.69, 9.17) is 11.6 Å². The molecule has 2 aromatic rings. The molecule has 0 spiro atoms. The molecule has 1 amide bonds. The molecule has 4 rings (SSSR count). The highest BCUT2D eigenvalue weighted by atomic mass is 35.5. The number of nitrogens with zero attached hydrogens (tertiary/aromatic N) is 2. The number of fused-ring (bicyclic) bond motifs is 2. The van der Waals surface area contributed by atoms with Gasteiger partial charge in [-0.3, -0.25) is 4.79 Å². The number of nitrogens with one attached hydrogen (secondary N) is 1. The van der Waals surface area contributed by atoms with E-state index in [0.29, 0.717) is 23.8 Å². The third-order valence-electron chi connectivity index (χ3n) is 5.78. The Morgan fingerprint density at radius 2 is 2.15 bits per heavy atom. The van der Waals surface area contributed by atoms with Gasteiger partial charge in [0.05, 0.1) is 6.10 Å². The van der Waals surface area contributed by atoms with Crippen molar-refractivity contribution in [3.63, 3.8) is 0 Å². The fraction of sp³-hybridized carbons (Fsp3) is 0.429. The van der Waals surface area contributed by atoms with Crippen LogP contribution in [-0.2, 0) is 13.0 Å². The molecule has 3 atom stereocenters. The van der Waals surface area contributed by atoms with E-state index in [1.807, 2.05) is 12.1 Å². The van der Waals surface area contributed by atoms with Gasteiger partial charge in [0.2, 0.25) is 0 Å². The minimum Gasteiger partial charge on any atom is -0.390 e. The summed E-state index contributed by atoms with van der Waals surface area (Å²) in [6, 6.07) is 9.87. The monoisotopic (exact) mass is 385 g/mol. The summed E-state index contributed by atoms with van der Waals surface area (Å²) in [5, 5.41) is 14.6. The van der Waals surface area contributed by atoms with Crippen molar-refractivity contribution in [2.45, 2.75) is 44.4 Å². The van der Waals surface area contributed by atoms with Crippen LogP contribution in [0.25, 0.3) is 0 Å². The molecule has 2 aliphatic heterocycles. The van der Waals surface area contributed by atoms with Crippen molar-refractivity contribution in [2.24, 2.45) is 0 Å². The van der Waals surface area contributed by atoms with Crippen LogP contribution in [0.15, 0.2) is 36.5 Å². The van der Waals surface area contributed by atoms with Gasteiger partial charge in [0, 0.05) is 43.4 Å². The molecule has 0 radical (unpaired) electrons. The third kappa shape index (κ3) is 3.59. The third-order valence-corrected chi connectivity index (χ3v) is 5.98. The number of hydrogen-bond acceptors (Lipinski definition) is 4. The van der Waals surface area contributed by atoms with E-state index in [2.05, 4.69) is 29.4 Å². The van der Waals surface area contributed by atoms with E-state index in [9.17, 15) is 9.90 Å². The quantitative estimate of drug-likeness (QED) is 0.794. The van der Waals surface area contributed by atoms with Crippen molar-refractivity contribution in [3.05, 3.63) is 63.9 Å². The smallest absolute Gasteiger partial charge is 0.254 e. The molecular formula is C21H24ClN3O2. The Hall–Kier alpha value is -1.95. The van der Waals surface area contributed by atoms with Gasteiger partial charge in [-0.25, -0.2) is 4.98 Å². The average Bonchev–Trinajstić information content (AvgIpc) is 2.69. The number of β-amino-alcohol motifs (C(OH)–C–C–N with tert-alkyl or cyclic N) is 1. The van der Waals surface area contributed by atoms with Gasteiger partial charge < -0.3 is 15.3 Å². The lowest BCUT2D eigenvalue weighted by Gasteiger charge is -2.37. The molecule has 0 aliphatic carbocycles. The molecule has 0 fully saturated rings. The minimum atomic E-state index is -0.626. The van der Waals surface area contributed by atoms with Crippen LogP contribution in [-0.4, -0.2) is 46.1 Å². The van der Waals surface area contributed by atoms with E-state index in [-0.39, 0.29) is 17.9 Å². The second kappa shape index (κ2) is 7.58. The Balaban J connectivity index is 1.50. The van der Waals surface area contributed by atoms with Crippen molar-refractivity contribution in [2.75, 3.05) is 13.1 Å². The summed E-state index contributed by atoms with van der Waals surface area (Å²) in [5.74, 6) is 0.143. The first-order valence-electron chi connectivity index (χ1n) is 9.49. The Bertz CT molecular complexity index is 857. The molecule has 3 heterocycles. The lowest BCUT2D eigenvalue weighted by molar-refractivity contribution is 0.0484. The summed E-state index contributed by atoms with van der Waals surface area (Å²) in [6.07, 6.45) is 2.77. The van der Waals surface area contributed by atoms with Gasteiger partial charge in [0.25, 0.3) is 5.91 Å². The van der Waals surface area contributed by atoms with Crippen molar-refractivity contribution in [1.29, 1.82) is 0 Å². The Morgan fingerprint density at radius 1 is 1.37 bits per heavy atom. The van der Waals surface area contributed by atoms with E-state index >= 15 is 0 Å². The Morgan fingerprint density at radius 3 is 2.93 bits per heavy atom. The van der Waals surface area contributed by atoms with Gasteiger partial charge in [-0.05, 0) is 35.6 Å². The van der Waals surface area contributed by atoms with Crippen molar-refractivity contribution in [3.8, 4) is 0 Å². The maximum absolute atomic E-state index is 13.0. The summed E-state index contributed by atoms with van der Waals surface area (Å²) in [4.78, 5) is 18.9. The molecule has 0 bridgehead atoms. The van der Waals surface area contributed by atoms with Gasteiger partial charge in [-0.2, -0.15) is 0 Å². The normalized spacial score (nSPS) is 22.9. The van der Waals surface area contributed by atoms with E-state index in [1.165, 1.54) is 11.1 Å². The molecule has 1 aromatic heterocycles. The second-order valence-electron chi connectivity index (χ2n) is 7.44. The summed E-state index contributed by atoms with van der Waals surface area (Å²) < 4.78 is 0. The van der Waals surface area contributed by atoms with Crippen LogP contribution < -0.4 is 5.32 Å². The van der Waals surface area contributed by atoms with Crippen molar-refractivity contribution < 1.29 is 9.90 Å². The SMILES string of the molecule is CCC1CN(CC(O)[C@@H]2Cc3ccccc3CN2)C(=O)c2cc(Cl)ncc21. The zero-order valence-corrected chi connectivity index (χ0v) is 16.1. The largest absolute Gasteiger partial charge is 0.390 e. The number of benzene rings is 1. The number of carbonyl (C=O) groups excluding carboxylic acids is 1. The van der Waals surface area contributed by atoms with Crippen LogP contribution in [0.3, 0.4) is 0 Å². The summed E-state index contributed by atoms with van der Waals surface area (Å²) >= 11 is 6.01. The molecular weight excluding hydrogens is 362 g/mol. The zero-order chi connectivity index (χ0) is 19.0. The number of hydrogen-bond donors (Lipinski definition) is 2. The zero-order valence-electron chi connectivity index (χ0n) is 15.4. The summed E-state index contributed by atoms with van der Waals surface area (Å²) in [7, 11) is 0. The van der Waals surface area contributed by atoms with Gasteiger partial charge >= 0.3 is 0 Å². The lowest BCUT2D eigenvalue weighted by atomic mass is 9.88. The van der Waals surface area contributed by atoms with E-state index < -0.39 is 6.10 Å². The highest BCUT2D eigenvalue weighted by Crippen LogP contribution is 2.31. The fourth-order valence-electron chi connectivity index (χ4n) is 4.18. The topological polar surface area (TPSA) is 65.5 Å². The van der Waals surface area contributed by atoms with Crippen LogP contribution >= 0.6 is 11.6 Å². The van der Waals surface area contributed by atoms with Gasteiger partial charge in [0.1, 0.15) is 5.15 Å². The van der Waals surface area contributed by atoms with Crippen molar-refractivity contribution >= 4 is 17.5 Å². The number of aliphatic hydroxyl groups is 1. The first-order chi connectivity index (χ1) is 13.1. The van der Waals surface area contributed by atoms with E-state index in [1.54, 1.807) is 17.2 Å². The molecule has 5 nitrogen and oxygen atoms in total. The maximum atomic E-state index is 13.0. The van der Waals surface area contributed by atoms with Gasteiger partial charge in [0.15, 0.2) is 0 Å². The minimum absolute atomic E-state index is 0.0600. The number of aliphatic hydroxyl groups excluding tert-OH is 1. The average molecular weight is 386 g/mol. The molecule has 27 heavy (non-hydrogen) atoms. The second-order valence-corrected chi connectivity index (χ2v) is 7.82. The number of aromatic nitrogens is 1. The van der Waals surface area contributed by atoms with Gasteiger partial charge in [-0.15, -0.1) is 0 Å². The highest BCUT2D eigenvalue weighted by Gasteiger charge is 2.34.